The molecule has 0 radical (unpaired) electrons. The van der Waals surface area contributed by atoms with Gasteiger partial charge >= 0.3 is 0 Å². The fourth-order valence-corrected chi connectivity index (χ4v) is 3.40. The Morgan fingerprint density at radius 3 is 2.79 bits per heavy atom. The number of benzene rings is 2. The molecule has 0 fully saturated rings. The zero-order chi connectivity index (χ0) is 13.8. The Morgan fingerprint density at radius 1 is 1.26 bits per heavy atom. The molecule has 2 aromatic carbocycles. The van der Waals surface area contributed by atoms with Gasteiger partial charge in [0.15, 0.2) is 0 Å². The summed E-state index contributed by atoms with van der Waals surface area (Å²) in [6.07, 6.45) is 0. The van der Waals surface area contributed by atoms with Crippen molar-refractivity contribution in [1.29, 1.82) is 5.26 Å². The van der Waals surface area contributed by atoms with Gasteiger partial charge in [-0.05, 0) is 35.9 Å². The first kappa shape index (κ1) is 13.8. The number of hydrogen-bond acceptors (Lipinski definition) is 3. The first-order chi connectivity index (χ1) is 9.10. The van der Waals surface area contributed by atoms with Crippen molar-refractivity contribution >= 4 is 32.4 Å². The molecule has 0 aliphatic carbocycles. The predicted molar refractivity (Wildman–Crippen MR) is 79.8 cm³/mol. The molecule has 0 amide bonds. The Kier molecular flexibility index (Phi) is 4.35. The Hall–Kier alpha value is -1.64. The van der Waals surface area contributed by atoms with Gasteiger partial charge in [0, 0.05) is 10.2 Å². The van der Waals surface area contributed by atoms with E-state index in [1.54, 1.807) is 30.3 Å². The third kappa shape index (κ3) is 3.43. The second-order valence-electron chi connectivity index (χ2n) is 3.98. The monoisotopic (exact) mass is 334 g/mol. The molecule has 2 rings (SSSR count). The van der Waals surface area contributed by atoms with E-state index in [4.69, 9.17) is 11.0 Å². The Labute approximate surface area is 122 Å². The number of nitriles is 1. The van der Waals surface area contributed by atoms with E-state index >= 15 is 0 Å². The van der Waals surface area contributed by atoms with Crippen LogP contribution in [0.1, 0.15) is 11.1 Å². The molecule has 1 atom stereocenters. The minimum absolute atomic E-state index is 0.343. The maximum atomic E-state index is 12.3. The smallest absolute Gasteiger partial charge is 0.0991 e. The lowest BCUT2D eigenvalue weighted by Crippen LogP contribution is -2.01. The average Bonchev–Trinajstić information content (AvgIpc) is 2.41. The summed E-state index contributed by atoms with van der Waals surface area (Å²) in [4.78, 5) is 0.608. The van der Waals surface area contributed by atoms with Crippen LogP contribution >= 0.6 is 15.9 Å². The maximum absolute atomic E-state index is 12.3. The number of nitrogens with two attached hydrogens (primary N) is 1. The largest absolute Gasteiger partial charge is 0.398 e. The molecular formula is C14H11BrN2OS. The predicted octanol–water partition coefficient (Wildman–Crippen LogP) is 3.21. The van der Waals surface area contributed by atoms with E-state index in [2.05, 4.69) is 22.0 Å². The van der Waals surface area contributed by atoms with Gasteiger partial charge in [0.2, 0.25) is 0 Å². The van der Waals surface area contributed by atoms with Crippen molar-refractivity contribution < 1.29 is 4.21 Å². The highest BCUT2D eigenvalue weighted by atomic mass is 79.9. The lowest BCUT2D eigenvalue weighted by molar-refractivity contribution is 0.683. The molecule has 0 spiro atoms. The van der Waals surface area contributed by atoms with Crippen LogP contribution < -0.4 is 5.73 Å². The Balaban J connectivity index is 2.26. The van der Waals surface area contributed by atoms with Crippen molar-refractivity contribution in [3.8, 4) is 6.07 Å². The summed E-state index contributed by atoms with van der Waals surface area (Å²) >= 11 is 3.34. The molecule has 3 nitrogen and oxygen atoms in total. The normalized spacial score (nSPS) is 11.8. The number of nitrogen functional groups attached to an aromatic ring is 1. The van der Waals surface area contributed by atoms with Crippen LogP contribution in [-0.4, -0.2) is 4.21 Å². The van der Waals surface area contributed by atoms with Crippen LogP contribution in [-0.2, 0) is 16.6 Å². The lowest BCUT2D eigenvalue weighted by Gasteiger charge is -2.07. The van der Waals surface area contributed by atoms with Gasteiger partial charge < -0.3 is 5.73 Å². The average molecular weight is 335 g/mol. The molecule has 2 aromatic rings. The molecular weight excluding hydrogens is 324 g/mol. The van der Waals surface area contributed by atoms with E-state index < -0.39 is 10.8 Å². The van der Waals surface area contributed by atoms with Crippen molar-refractivity contribution in [2.24, 2.45) is 0 Å². The van der Waals surface area contributed by atoms with Crippen molar-refractivity contribution in [3.63, 3.8) is 0 Å². The first-order valence-corrected chi connectivity index (χ1v) is 7.64. The Morgan fingerprint density at radius 2 is 2.05 bits per heavy atom. The minimum Gasteiger partial charge on any atom is -0.398 e. The van der Waals surface area contributed by atoms with Crippen LogP contribution in [0.25, 0.3) is 0 Å². The molecule has 0 aliphatic heterocycles. The van der Waals surface area contributed by atoms with Gasteiger partial charge in [-0.15, -0.1) is 0 Å². The van der Waals surface area contributed by atoms with Gasteiger partial charge in [0.05, 0.1) is 33.1 Å². The second kappa shape index (κ2) is 6.00. The molecule has 1 unspecified atom stereocenters. The van der Waals surface area contributed by atoms with Gasteiger partial charge in [-0.25, -0.2) is 0 Å². The molecule has 0 heterocycles. The zero-order valence-corrected chi connectivity index (χ0v) is 12.4. The summed E-state index contributed by atoms with van der Waals surface area (Å²) < 4.78 is 13.2. The molecule has 0 aliphatic rings. The first-order valence-electron chi connectivity index (χ1n) is 5.52. The standard InChI is InChI=1S/C14H11BrN2OS/c15-12-4-5-13(17)14(7-12)19(18)9-11-3-1-2-10(6-11)8-16/h1-7H,9,17H2. The van der Waals surface area contributed by atoms with E-state index in [1.165, 1.54) is 0 Å². The lowest BCUT2D eigenvalue weighted by atomic mass is 10.2. The van der Waals surface area contributed by atoms with E-state index in [9.17, 15) is 4.21 Å². The third-order valence-corrected chi connectivity index (χ3v) is 4.51. The Bertz CT molecular complexity index is 679. The van der Waals surface area contributed by atoms with E-state index in [0.29, 0.717) is 21.9 Å². The van der Waals surface area contributed by atoms with Crippen LogP contribution in [0.4, 0.5) is 5.69 Å². The minimum atomic E-state index is -1.23. The van der Waals surface area contributed by atoms with Gasteiger partial charge in [0.25, 0.3) is 0 Å². The van der Waals surface area contributed by atoms with Crippen LogP contribution in [0, 0.1) is 11.3 Å². The molecule has 0 bridgehead atoms. The third-order valence-electron chi connectivity index (χ3n) is 2.57. The SMILES string of the molecule is N#Cc1cccc(CS(=O)c2cc(Br)ccc2N)c1. The van der Waals surface area contributed by atoms with Crippen molar-refractivity contribution in [1.82, 2.24) is 0 Å². The van der Waals surface area contributed by atoms with Gasteiger partial charge in [-0.2, -0.15) is 5.26 Å². The summed E-state index contributed by atoms with van der Waals surface area (Å²) in [5, 5.41) is 8.84. The molecule has 19 heavy (non-hydrogen) atoms. The highest BCUT2D eigenvalue weighted by molar-refractivity contribution is 9.10. The fraction of sp³-hybridized carbons (Fsp3) is 0.0714. The van der Waals surface area contributed by atoms with Crippen molar-refractivity contribution in [2.75, 3.05) is 5.73 Å². The molecule has 2 N–H and O–H groups in total. The number of rotatable bonds is 3. The summed E-state index contributed by atoms with van der Waals surface area (Å²) in [6, 6.07) is 14.5. The topological polar surface area (TPSA) is 66.9 Å². The number of halogens is 1. The van der Waals surface area contributed by atoms with E-state index in [-0.39, 0.29) is 0 Å². The van der Waals surface area contributed by atoms with Gasteiger partial charge in [-0.3, -0.25) is 4.21 Å². The second-order valence-corrected chi connectivity index (χ2v) is 6.32. The molecule has 0 saturated heterocycles. The van der Waals surface area contributed by atoms with Gasteiger partial charge in [0.1, 0.15) is 0 Å². The van der Waals surface area contributed by atoms with Gasteiger partial charge in [-0.1, -0.05) is 28.1 Å². The van der Waals surface area contributed by atoms with Crippen molar-refractivity contribution in [3.05, 3.63) is 58.1 Å². The van der Waals surface area contributed by atoms with Crippen LogP contribution in [0.5, 0.6) is 0 Å². The molecule has 0 aromatic heterocycles. The summed E-state index contributed by atoms with van der Waals surface area (Å²) in [6.45, 7) is 0. The molecule has 0 saturated carbocycles. The number of anilines is 1. The summed E-state index contributed by atoms with van der Waals surface area (Å²) in [7, 11) is -1.23. The van der Waals surface area contributed by atoms with E-state index in [0.717, 1.165) is 10.0 Å². The fourth-order valence-electron chi connectivity index (χ4n) is 1.67. The zero-order valence-electron chi connectivity index (χ0n) is 9.97. The summed E-state index contributed by atoms with van der Waals surface area (Å²) in [5.74, 6) is 0.343. The maximum Gasteiger partial charge on any atom is 0.0991 e. The summed E-state index contributed by atoms with van der Waals surface area (Å²) in [5.41, 5.74) is 7.77. The van der Waals surface area contributed by atoms with Crippen molar-refractivity contribution in [2.45, 2.75) is 10.6 Å². The van der Waals surface area contributed by atoms with Crippen LogP contribution in [0.15, 0.2) is 51.8 Å². The van der Waals surface area contributed by atoms with E-state index in [1.807, 2.05) is 12.1 Å². The highest BCUT2D eigenvalue weighted by Crippen LogP contribution is 2.23. The molecule has 5 heteroatoms. The number of nitrogens with zero attached hydrogens (tertiary/aromatic N) is 1. The van der Waals surface area contributed by atoms with Crippen LogP contribution in [0.3, 0.4) is 0 Å². The number of hydrogen-bond donors (Lipinski definition) is 1. The highest BCUT2D eigenvalue weighted by Gasteiger charge is 2.10. The molecule has 96 valence electrons. The van der Waals surface area contributed by atoms with Crippen LogP contribution in [0.2, 0.25) is 0 Å². The quantitative estimate of drug-likeness (QED) is 0.876.